The van der Waals surface area contributed by atoms with Crippen LogP contribution in [0.1, 0.15) is 19.4 Å². The molecule has 94 valence electrons. The van der Waals surface area contributed by atoms with Crippen LogP contribution in [0.2, 0.25) is 0 Å². The number of esters is 1. The Balaban J connectivity index is 2.45. The van der Waals surface area contributed by atoms with E-state index in [9.17, 15) is 9.90 Å². The number of nitrogens with two attached hydrogens (primary N) is 1. The van der Waals surface area contributed by atoms with Crippen molar-refractivity contribution in [2.24, 2.45) is 11.7 Å². The molecule has 3 unspecified atom stereocenters. The maximum absolute atomic E-state index is 11.6. The standard InChI is InChI=1S/C13H19NO3/c1-9(12(15)10(2)14)13(16)17-8-11-6-4-3-5-7-11/h3-7,9-10,12,15H,8,14H2,1-2H3. The summed E-state index contributed by atoms with van der Waals surface area (Å²) in [5, 5.41) is 9.64. The lowest BCUT2D eigenvalue weighted by molar-refractivity contribution is -0.153. The van der Waals surface area contributed by atoms with Crippen LogP contribution in [0.15, 0.2) is 30.3 Å². The van der Waals surface area contributed by atoms with Gasteiger partial charge in [-0.15, -0.1) is 0 Å². The Hall–Kier alpha value is -1.39. The highest BCUT2D eigenvalue weighted by Crippen LogP contribution is 2.10. The number of hydrogen-bond acceptors (Lipinski definition) is 4. The fourth-order valence-electron chi connectivity index (χ4n) is 1.45. The average molecular weight is 237 g/mol. The second-order valence-corrected chi connectivity index (χ2v) is 4.23. The highest BCUT2D eigenvalue weighted by molar-refractivity contribution is 5.72. The van der Waals surface area contributed by atoms with E-state index in [1.807, 2.05) is 30.3 Å². The van der Waals surface area contributed by atoms with Crippen LogP contribution in [0.3, 0.4) is 0 Å². The first-order chi connectivity index (χ1) is 8.02. The highest BCUT2D eigenvalue weighted by atomic mass is 16.5. The average Bonchev–Trinajstić information content (AvgIpc) is 2.35. The largest absolute Gasteiger partial charge is 0.461 e. The summed E-state index contributed by atoms with van der Waals surface area (Å²) >= 11 is 0. The van der Waals surface area contributed by atoms with Gasteiger partial charge in [0.05, 0.1) is 12.0 Å². The van der Waals surface area contributed by atoms with E-state index in [1.165, 1.54) is 0 Å². The summed E-state index contributed by atoms with van der Waals surface area (Å²) in [6.07, 6.45) is -0.877. The van der Waals surface area contributed by atoms with Crippen LogP contribution in [0.25, 0.3) is 0 Å². The Labute approximate surface area is 101 Å². The predicted molar refractivity (Wildman–Crippen MR) is 65.1 cm³/mol. The van der Waals surface area contributed by atoms with Crippen molar-refractivity contribution < 1.29 is 14.6 Å². The van der Waals surface area contributed by atoms with Crippen LogP contribution in [0, 0.1) is 5.92 Å². The van der Waals surface area contributed by atoms with Crippen LogP contribution < -0.4 is 5.73 Å². The minimum atomic E-state index is -0.877. The van der Waals surface area contributed by atoms with Gasteiger partial charge in [-0.2, -0.15) is 0 Å². The molecular weight excluding hydrogens is 218 g/mol. The summed E-state index contributed by atoms with van der Waals surface area (Å²) in [6.45, 7) is 3.49. The van der Waals surface area contributed by atoms with Crippen LogP contribution >= 0.6 is 0 Å². The van der Waals surface area contributed by atoms with Gasteiger partial charge in [0.25, 0.3) is 0 Å². The quantitative estimate of drug-likeness (QED) is 0.751. The van der Waals surface area contributed by atoms with E-state index in [0.29, 0.717) is 0 Å². The number of aliphatic hydroxyl groups excluding tert-OH is 1. The first-order valence-corrected chi connectivity index (χ1v) is 5.66. The van der Waals surface area contributed by atoms with Crippen LogP contribution in [0.4, 0.5) is 0 Å². The number of carbonyl (C=O) groups is 1. The first-order valence-electron chi connectivity index (χ1n) is 5.66. The van der Waals surface area contributed by atoms with E-state index in [0.717, 1.165) is 5.56 Å². The van der Waals surface area contributed by atoms with Gasteiger partial charge in [-0.25, -0.2) is 0 Å². The molecule has 4 nitrogen and oxygen atoms in total. The molecule has 1 aromatic rings. The number of ether oxygens (including phenoxy) is 1. The van der Waals surface area contributed by atoms with Crippen molar-refractivity contribution in [2.75, 3.05) is 0 Å². The number of hydrogen-bond donors (Lipinski definition) is 2. The molecule has 3 atom stereocenters. The zero-order valence-corrected chi connectivity index (χ0v) is 10.2. The van der Waals surface area contributed by atoms with Gasteiger partial charge < -0.3 is 15.6 Å². The van der Waals surface area contributed by atoms with Crippen LogP contribution in [0.5, 0.6) is 0 Å². The summed E-state index contributed by atoms with van der Waals surface area (Å²) in [6, 6.07) is 8.95. The van der Waals surface area contributed by atoms with Crippen molar-refractivity contribution in [3.05, 3.63) is 35.9 Å². The third-order valence-corrected chi connectivity index (χ3v) is 2.65. The molecule has 0 bridgehead atoms. The molecule has 1 rings (SSSR count). The third-order valence-electron chi connectivity index (χ3n) is 2.65. The van der Waals surface area contributed by atoms with Gasteiger partial charge >= 0.3 is 5.97 Å². The van der Waals surface area contributed by atoms with Crippen LogP contribution in [-0.4, -0.2) is 23.2 Å². The second-order valence-electron chi connectivity index (χ2n) is 4.23. The van der Waals surface area contributed by atoms with Gasteiger partial charge in [0.2, 0.25) is 0 Å². The van der Waals surface area contributed by atoms with Crippen molar-refractivity contribution in [1.82, 2.24) is 0 Å². The van der Waals surface area contributed by atoms with E-state index in [-0.39, 0.29) is 6.61 Å². The van der Waals surface area contributed by atoms with Crippen molar-refractivity contribution in [2.45, 2.75) is 32.6 Å². The maximum atomic E-state index is 11.6. The van der Waals surface area contributed by atoms with Crippen LogP contribution in [-0.2, 0) is 16.1 Å². The molecule has 3 N–H and O–H groups in total. The molecule has 0 heterocycles. The smallest absolute Gasteiger partial charge is 0.311 e. The Morgan fingerprint density at radius 3 is 2.47 bits per heavy atom. The molecule has 0 aliphatic carbocycles. The van der Waals surface area contributed by atoms with Gasteiger partial charge in [-0.05, 0) is 19.4 Å². The zero-order valence-electron chi connectivity index (χ0n) is 10.2. The molecule has 4 heteroatoms. The lowest BCUT2D eigenvalue weighted by Crippen LogP contribution is -2.40. The fourth-order valence-corrected chi connectivity index (χ4v) is 1.45. The van der Waals surface area contributed by atoms with Crippen molar-refractivity contribution in [1.29, 1.82) is 0 Å². The Bertz CT molecular complexity index is 351. The molecule has 0 aromatic heterocycles. The van der Waals surface area contributed by atoms with Crippen molar-refractivity contribution in [3.63, 3.8) is 0 Å². The minimum Gasteiger partial charge on any atom is -0.461 e. The van der Waals surface area contributed by atoms with E-state index >= 15 is 0 Å². The third kappa shape index (κ3) is 4.17. The van der Waals surface area contributed by atoms with Crippen molar-refractivity contribution in [3.8, 4) is 0 Å². The zero-order chi connectivity index (χ0) is 12.8. The van der Waals surface area contributed by atoms with Gasteiger partial charge in [0, 0.05) is 6.04 Å². The lowest BCUT2D eigenvalue weighted by atomic mass is 10.00. The monoisotopic (exact) mass is 237 g/mol. The summed E-state index contributed by atoms with van der Waals surface area (Å²) in [5.41, 5.74) is 6.44. The molecule has 0 spiro atoms. The fraction of sp³-hybridized carbons (Fsp3) is 0.462. The van der Waals surface area contributed by atoms with Gasteiger partial charge in [-0.3, -0.25) is 4.79 Å². The predicted octanol–water partition coefficient (Wildman–Crippen LogP) is 1.07. The molecule has 0 saturated carbocycles. The normalized spacial score (nSPS) is 16.0. The first kappa shape index (κ1) is 13.7. The molecule has 0 fully saturated rings. The molecule has 0 saturated heterocycles. The summed E-state index contributed by atoms with van der Waals surface area (Å²) in [7, 11) is 0. The summed E-state index contributed by atoms with van der Waals surface area (Å²) in [5.74, 6) is -1.04. The van der Waals surface area contributed by atoms with Gasteiger partial charge in [-0.1, -0.05) is 30.3 Å². The number of carbonyl (C=O) groups excluding carboxylic acids is 1. The van der Waals surface area contributed by atoms with Crippen molar-refractivity contribution >= 4 is 5.97 Å². The van der Waals surface area contributed by atoms with E-state index < -0.39 is 24.0 Å². The maximum Gasteiger partial charge on any atom is 0.311 e. The van der Waals surface area contributed by atoms with E-state index in [1.54, 1.807) is 13.8 Å². The molecular formula is C13H19NO3. The summed E-state index contributed by atoms with van der Waals surface area (Å²) < 4.78 is 5.11. The molecule has 0 aliphatic rings. The Morgan fingerprint density at radius 1 is 1.35 bits per heavy atom. The number of rotatable bonds is 5. The topological polar surface area (TPSA) is 72.5 Å². The van der Waals surface area contributed by atoms with Gasteiger partial charge in [0.15, 0.2) is 0 Å². The SMILES string of the molecule is CC(N)C(O)C(C)C(=O)OCc1ccccc1. The van der Waals surface area contributed by atoms with E-state index in [2.05, 4.69) is 0 Å². The number of benzene rings is 1. The molecule has 0 aliphatic heterocycles. The molecule has 0 amide bonds. The van der Waals surface area contributed by atoms with Gasteiger partial charge in [0.1, 0.15) is 6.61 Å². The number of aliphatic hydroxyl groups is 1. The lowest BCUT2D eigenvalue weighted by Gasteiger charge is -2.20. The summed E-state index contributed by atoms with van der Waals surface area (Å²) in [4.78, 5) is 11.6. The second kappa shape index (κ2) is 6.37. The minimum absolute atomic E-state index is 0.218. The molecule has 17 heavy (non-hydrogen) atoms. The highest BCUT2D eigenvalue weighted by Gasteiger charge is 2.26. The van der Waals surface area contributed by atoms with E-state index in [4.69, 9.17) is 10.5 Å². The molecule has 0 radical (unpaired) electrons. The Kier molecular flexibility index (Phi) is 5.12. The molecule has 1 aromatic carbocycles. The Morgan fingerprint density at radius 2 is 1.94 bits per heavy atom.